The van der Waals surface area contributed by atoms with Crippen LogP contribution in [-0.2, 0) is 10.0 Å². The van der Waals surface area contributed by atoms with Gasteiger partial charge in [0.2, 0.25) is 10.0 Å². The molecule has 2 aliphatic rings. The Labute approximate surface area is 151 Å². The monoisotopic (exact) mass is 426 g/mol. The number of nitrogens with zero attached hydrogens (tertiary/aromatic N) is 1. The maximum absolute atomic E-state index is 12.9. The third-order valence-corrected chi connectivity index (χ3v) is 6.83. The van der Waals surface area contributed by atoms with Gasteiger partial charge in [-0.25, -0.2) is 8.42 Å². The summed E-state index contributed by atoms with van der Waals surface area (Å²) in [5, 5.41) is 3.16. The zero-order valence-electron chi connectivity index (χ0n) is 12.7. The molecule has 0 aliphatic carbocycles. The highest BCUT2D eigenvalue weighted by Gasteiger charge is 2.32. The van der Waals surface area contributed by atoms with Gasteiger partial charge in [-0.1, -0.05) is 0 Å². The largest absolute Gasteiger partial charge is 0.486 e. The molecule has 0 amide bonds. The molecule has 2 heterocycles. The molecular weight excluding hydrogens is 408 g/mol. The average Bonchev–Trinajstić information content (AvgIpc) is 2.54. The van der Waals surface area contributed by atoms with E-state index in [2.05, 4.69) is 21.2 Å². The summed E-state index contributed by atoms with van der Waals surface area (Å²) in [6, 6.07) is 3.41. The fourth-order valence-corrected chi connectivity index (χ4v) is 5.30. The Kier molecular flexibility index (Phi) is 6.18. The lowest BCUT2D eigenvalue weighted by Crippen LogP contribution is -2.46. The van der Waals surface area contributed by atoms with Crippen LogP contribution in [-0.4, -0.2) is 52.1 Å². The molecule has 9 heteroatoms. The SMILES string of the molecule is CNC1CCCN(S(=O)(=O)c2cc3c(cc2Br)OCCO3)C1.Cl. The quantitative estimate of drug-likeness (QED) is 0.799. The van der Waals surface area contributed by atoms with Crippen molar-refractivity contribution in [3.8, 4) is 11.5 Å². The van der Waals surface area contributed by atoms with E-state index in [1.165, 1.54) is 4.31 Å². The number of halogens is 2. The number of sulfonamides is 1. The molecule has 6 nitrogen and oxygen atoms in total. The Morgan fingerprint density at radius 3 is 2.57 bits per heavy atom. The molecule has 0 radical (unpaired) electrons. The van der Waals surface area contributed by atoms with Crippen LogP contribution in [0.4, 0.5) is 0 Å². The van der Waals surface area contributed by atoms with E-state index < -0.39 is 10.0 Å². The predicted octanol–water partition coefficient (Wildman–Crippen LogP) is 2.01. The van der Waals surface area contributed by atoms with E-state index >= 15 is 0 Å². The van der Waals surface area contributed by atoms with E-state index in [1.807, 2.05) is 7.05 Å². The van der Waals surface area contributed by atoms with Crippen molar-refractivity contribution >= 4 is 38.4 Å². The van der Waals surface area contributed by atoms with Crippen molar-refractivity contribution in [3.63, 3.8) is 0 Å². The molecule has 130 valence electrons. The molecule has 0 aromatic heterocycles. The van der Waals surface area contributed by atoms with Crippen molar-refractivity contribution in [2.45, 2.75) is 23.8 Å². The van der Waals surface area contributed by atoms with Crippen molar-refractivity contribution in [2.75, 3.05) is 33.4 Å². The molecule has 1 aromatic rings. The molecule has 2 aliphatic heterocycles. The van der Waals surface area contributed by atoms with Crippen LogP contribution in [0.2, 0.25) is 0 Å². The number of rotatable bonds is 3. The fourth-order valence-electron chi connectivity index (χ4n) is 2.78. The van der Waals surface area contributed by atoms with E-state index in [0.717, 1.165) is 12.8 Å². The van der Waals surface area contributed by atoms with Crippen molar-refractivity contribution in [2.24, 2.45) is 0 Å². The van der Waals surface area contributed by atoms with Gasteiger partial charge >= 0.3 is 0 Å². The van der Waals surface area contributed by atoms with Crippen molar-refractivity contribution in [1.82, 2.24) is 9.62 Å². The minimum Gasteiger partial charge on any atom is -0.486 e. The Balaban J connectivity index is 0.00000192. The smallest absolute Gasteiger partial charge is 0.244 e. The van der Waals surface area contributed by atoms with Gasteiger partial charge in [-0.2, -0.15) is 4.31 Å². The van der Waals surface area contributed by atoms with Crippen LogP contribution in [0.3, 0.4) is 0 Å². The normalized spacial score (nSPS) is 21.6. The van der Waals surface area contributed by atoms with Gasteiger partial charge in [-0.15, -0.1) is 12.4 Å². The molecule has 0 spiro atoms. The average molecular weight is 428 g/mol. The number of benzene rings is 1. The van der Waals surface area contributed by atoms with Crippen LogP contribution < -0.4 is 14.8 Å². The first-order valence-corrected chi connectivity index (χ1v) is 9.52. The van der Waals surface area contributed by atoms with Crippen molar-refractivity contribution in [3.05, 3.63) is 16.6 Å². The highest BCUT2D eigenvalue weighted by atomic mass is 79.9. The Bertz CT molecular complexity index is 671. The standard InChI is InChI=1S/C14H19BrN2O4S.ClH/c1-16-10-3-2-4-17(9-10)22(18,19)14-8-13-12(7-11(14)15)20-5-6-21-13;/h7-8,10,16H,2-6,9H2,1H3;1H. The van der Waals surface area contributed by atoms with Gasteiger partial charge in [0, 0.05) is 29.7 Å². The zero-order valence-corrected chi connectivity index (χ0v) is 16.0. The van der Waals surface area contributed by atoms with Gasteiger partial charge in [0.05, 0.1) is 0 Å². The molecule has 1 aromatic carbocycles. The number of fused-ring (bicyclic) bond motifs is 1. The summed E-state index contributed by atoms with van der Waals surface area (Å²) < 4.78 is 38.9. The number of ether oxygens (including phenoxy) is 2. The first-order chi connectivity index (χ1) is 10.5. The highest BCUT2D eigenvalue weighted by molar-refractivity contribution is 9.10. The summed E-state index contributed by atoms with van der Waals surface area (Å²) >= 11 is 3.35. The number of hydrogen-bond donors (Lipinski definition) is 1. The van der Waals surface area contributed by atoms with Crippen LogP contribution in [0.15, 0.2) is 21.5 Å². The fraction of sp³-hybridized carbons (Fsp3) is 0.571. The van der Waals surface area contributed by atoms with E-state index in [1.54, 1.807) is 12.1 Å². The summed E-state index contributed by atoms with van der Waals surface area (Å²) in [7, 11) is -1.70. The maximum Gasteiger partial charge on any atom is 0.244 e. The summed E-state index contributed by atoms with van der Waals surface area (Å²) in [4.78, 5) is 0.230. The van der Waals surface area contributed by atoms with Gasteiger partial charge < -0.3 is 14.8 Å². The number of piperidine rings is 1. The molecule has 3 rings (SSSR count). The van der Waals surface area contributed by atoms with Crippen LogP contribution in [0, 0.1) is 0 Å². The third kappa shape index (κ3) is 3.76. The molecule has 0 saturated carbocycles. The van der Waals surface area contributed by atoms with Crippen molar-refractivity contribution in [1.29, 1.82) is 0 Å². The molecule has 0 bridgehead atoms. The maximum atomic E-state index is 12.9. The second-order valence-electron chi connectivity index (χ2n) is 5.42. The summed E-state index contributed by atoms with van der Waals surface area (Å²) in [6.07, 6.45) is 1.84. The number of hydrogen-bond acceptors (Lipinski definition) is 5. The lowest BCUT2D eigenvalue weighted by atomic mass is 10.1. The topological polar surface area (TPSA) is 67.9 Å². The number of likely N-dealkylation sites (N-methyl/N-ethyl adjacent to an activating group) is 1. The lowest BCUT2D eigenvalue weighted by Gasteiger charge is -2.32. The Morgan fingerprint density at radius 1 is 1.26 bits per heavy atom. The van der Waals surface area contributed by atoms with E-state index in [-0.39, 0.29) is 23.3 Å². The van der Waals surface area contributed by atoms with Gasteiger partial charge in [-0.3, -0.25) is 0 Å². The predicted molar refractivity (Wildman–Crippen MR) is 93.2 cm³/mol. The first kappa shape index (κ1) is 18.8. The molecular formula is C14H20BrClN2O4S. The summed E-state index contributed by atoms with van der Waals surface area (Å²) in [5.41, 5.74) is 0. The van der Waals surface area contributed by atoms with Crippen LogP contribution >= 0.6 is 28.3 Å². The minimum atomic E-state index is -3.56. The molecule has 1 saturated heterocycles. The molecule has 23 heavy (non-hydrogen) atoms. The molecule has 1 fully saturated rings. The van der Waals surface area contributed by atoms with Gasteiger partial charge in [0.15, 0.2) is 11.5 Å². The van der Waals surface area contributed by atoms with Crippen molar-refractivity contribution < 1.29 is 17.9 Å². The summed E-state index contributed by atoms with van der Waals surface area (Å²) in [6.45, 7) is 1.93. The molecule has 1 unspecified atom stereocenters. The molecule has 1 atom stereocenters. The minimum absolute atomic E-state index is 0. The third-order valence-electron chi connectivity index (χ3n) is 4.01. The van der Waals surface area contributed by atoms with E-state index in [9.17, 15) is 8.42 Å². The van der Waals surface area contributed by atoms with E-state index in [4.69, 9.17) is 9.47 Å². The van der Waals surface area contributed by atoms with Crippen LogP contribution in [0.1, 0.15) is 12.8 Å². The van der Waals surface area contributed by atoms with Gasteiger partial charge in [0.1, 0.15) is 18.1 Å². The van der Waals surface area contributed by atoms with Gasteiger partial charge in [0.25, 0.3) is 0 Å². The zero-order chi connectivity index (χ0) is 15.7. The molecule has 1 N–H and O–H groups in total. The lowest BCUT2D eigenvalue weighted by molar-refractivity contribution is 0.171. The Morgan fingerprint density at radius 2 is 1.91 bits per heavy atom. The highest BCUT2D eigenvalue weighted by Crippen LogP contribution is 2.38. The van der Waals surface area contributed by atoms with Crippen LogP contribution in [0.5, 0.6) is 11.5 Å². The van der Waals surface area contributed by atoms with E-state index in [0.29, 0.717) is 42.3 Å². The summed E-state index contributed by atoms with van der Waals surface area (Å²) in [5.74, 6) is 1.05. The second-order valence-corrected chi connectivity index (χ2v) is 8.18. The van der Waals surface area contributed by atoms with Crippen LogP contribution in [0.25, 0.3) is 0 Å². The van der Waals surface area contributed by atoms with Gasteiger partial charge in [-0.05, 0) is 41.9 Å². The first-order valence-electron chi connectivity index (χ1n) is 7.29. The Hall–Kier alpha value is -0.540. The number of nitrogens with one attached hydrogen (secondary N) is 1. The second kappa shape index (κ2) is 7.57.